The Labute approximate surface area is 117 Å². The second-order valence-electron chi connectivity index (χ2n) is 6.35. The zero-order valence-electron chi connectivity index (χ0n) is 12.3. The first kappa shape index (κ1) is 14.8. The van der Waals surface area contributed by atoms with Crippen molar-refractivity contribution < 1.29 is 9.63 Å². The van der Waals surface area contributed by atoms with Gasteiger partial charge in [0, 0.05) is 5.92 Å². The van der Waals surface area contributed by atoms with Crippen molar-refractivity contribution in [2.24, 2.45) is 11.8 Å². The number of hydrogen-bond acceptors (Lipinski definition) is 2. The van der Waals surface area contributed by atoms with Crippen LogP contribution in [0.2, 0.25) is 0 Å². The SMILES string of the molecule is CCCCC1CCC(C(=O)NOC2CCCC2)CC1. The normalized spacial score (nSPS) is 28.5. The second-order valence-corrected chi connectivity index (χ2v) is 6.35. The number of hydrogen-bond donors (Lipinski definition) is 1. The number of amides is 1. The Morgan fingerprint density at radius 1 is 1.11 bits per heavy atom. The van der Waals surface area contributed by atoms with Crippen molar-refractivity contribution >= 4 is 5.91 Å². The molecule has 0 bridgehead atoms. The summed E-state index contributed by atoms with van der Waals surface area (Å²) >= 11 is 0. The fourth-order valence-electron chi connectivity index (χ4n) is 3.44. The van der Waals surface area contributed by atoms with Crippen molar-refractivity contribution in [3.63, 3.8) is 0 Å². The summed E-state index contributed by atoms with van der Waals surface area (Å²) in [7, 11) is 0. The third-order valence-corrected chi connectivity index (χ3v) is 4.81. The average molecular weight is 267 g/mol. The lowest BCUT2D eigenvalue weighted by Crippen LogP contribution is -2.35. The molecule has 0 heterocycles. The van der Waals surface area contributed by atoms with Gasteiger partial charge in [0.2, 0.25) is 5.91 Å². The highest BCUT2D eigenvalue weighted by atomic mass is 16.7. The van der Waals surface area contributed by atoms with Crippen LogP contribution >= 0.6 is 0 Å². The molecular formula is C16H29NO2. The smallest absolute Gasteiger partial charge is 0.246 e. The predicted octanol–water partition coefficient (Wildman–Crippen LogP) is 3.97. The van der Waals surface area contributed by atoms with E-state index in [1.165, 1.54) is 44.9 Å². The molecule has 0 aromatic rings. The van der Waals surface area contributed by atoms with Crippen molar-refractivity contribution in [1.82, 2.24) is 5.48 Å². The van der Waals surface area contributed by atoms with Crippen LogP contribution < -0.4 is 5.48 Å². The Balaban J connectivity index is 1.61. The summed E-state index contributed by atoms with van der Waals surface area (Å²) in [6.07, 6.45) is 13.5. The number of nitrogens with one attached hydrogen (secondary N) is 1. The first-order valence-electron chi connectivity index (χ1n) is 8.25. The van der Waals surface area contributed by atoms with Gasteiger partial charge in [-0.05, 0) is 44.4 Å². The van der Waals surface area contributed by atoms with Crippen LogP contribution in [-0.2, 0) is 9.63 Å². The standard InChI is InChI=1S/C16H29NO2/c1-2-3-6-13-9-11-14(12-10-13)16(18)17-19-15-7-4-5-8-15/h13-15H,2-12H2,1H3,(H,17,18). The van der Waals surface area contributed by atoms with Gasteiger partial charge in [-0.2, -0.15) is 0 Å². The van der Waals surface area contributed by atoms with Crippen molar-refractivity contribution in [2.75, 3.05) is 0 Å². The summed E-state index contributed by atoms with van der Waals surface area (Å²) in [4.78, 5) is 17.5. The van der Waals surface area contributed by atoms with E-state index < -0.39 is 0 Å². The lowest BCUT2D eigenvalue weighted by molar-refractivity contribution is -0.143. The van der Waals surface area contributed by atoms with Crippen molar-refractivity contribution in [3.8, 4) is 0 Å². The van der Waals surface area contributed by atoms with Crippen molar-refractivity contribution in [3.05, 3.63) is 0 Å². The Bertz CT molecular complexity index is 266. The molecule has 0 unspecified atom stereocenters. The third-order valence-electron chi connectivity index (χ3n) is 4.81. The van der Waals surface area contributed by atoms with E-state index in [9.17, 15) is 4.79 Å². The van der Waals surface area contributed by atoms with E-state index in [-0.39, 0.29) is 17.9 Å². The minimum Gasteiger partial charge on any atom is -0.273 e. The summed E-state index contributed by atoms with van der Waals surface area (Å²) in [5, 5.41) is 0. The molecule has 2 rings (SSSR count). The monoisotopic (exact) mass is 267 g/mol. The van der Waals surface area contributed by atoms with Crippen molar-refractivity contribution in [2.45, 2.75) is 83.7 Å². The zero-order chi connectivity index (χ0) is 13.5. The fraction of sp³-hybridized carbons (Fsp3) is 0.938. The highest BCUT2D eigenvalue weighted by Gasteiger charge is 2.27. The van der Waals surface area contributed by atoms with E-state index in [0.29, 0.717) is 0 Å². The first-order chi connectivity index (χ1) is 9.29. The summed E-state index contributed by atoms with van der Waals surface area (Å²) in [6, 6.07) is 0. The molecule has 3 heteroatoms. The van der Waals surface area contributed by atoms with E-state index in [4.69, 9.17) is 4.84 Å². The van der Waals surface area contributed by atoms with Crippen LogP contribution in [0, 0.1) is 11.8 Å². The van der Waals surface area contributed by atoms with E-state index in [1.54, 1.807) is 0 Å². The molecule has 1 N–H and O–H groups in total. The molecule has 2 fully saturated rings. The largest absolute Gasteiger partial charge is 0.273 e. The molecule has 0 radical (unpaired) electrons. The quantitative estimate of drug-likeness (QED) is 0.739. The van der Waals surface area contributed by atoms with Gasteiger partial charge in [0.25, 0.3) is 0 Å². The van der Waals surface area contributed by atoms with Crippen LogP contribution in [0.15, 0.2) is 0 Å². The van der Waals surface area contributed by atoms with Gasteiger partial charge in [0.1, 0.15) is 0 Å². The van der Waals surface area contributed by atoms with Gasteiger partial charge in [0.15, 0.2) is 0 Å². The van der Waals surface area contributed by atoms with Gasteiger partial charge in [-0.25, -0.2) is 5.48 Å². The molecular weight excluding hydrogens is 238 g/mol. The molecule has 2 aliphatic rings. The van der Waals surface area contributed by atoms with Gasteiger partial charge >= 0.3 is 0 Å². The van der Waals surface area contributed by atoms with Gasteiger partial charge in [0.05, 0.1) is 6.10 Å². The van der Waals surface area contributed by atoms with Crippen LogP contribution in [0.3, 0.4) is 0 Å². The van der Waals surface area contributed by atoms with Crippen LogP contribution in [0.5, 0.6) is 0 Å². The maximum absolute atomic E-state index is 12.0. The molecule has 1 amide bonds. The number of rotatable bonds is 6. The molecule has 0 aromatic heterocycles. The summed E-state index contributed by atoms with van der Waals surface area (Å²) < 4.78 is 0. The van der Waals surface area contributed by atoms with Gasteiger partial charge in [-0.3, -0.25) is 9.63 Å². The molecule has 0 aromatic carbocycles. The zero-order valence-corrected chi connectivity index (χ0v) is 12.3. The highest BCUT2D eigenvalue weighted by molar-refractivity contribution is 5.77. The van der Waals surface area contributed by atoms with Crippen LogP contribution in [0.4, 0.5) is 0 Å². The molecule has 0 saturated heterocycles. The fourth-order valence-corrected chi connectivity index (χ4v) is 3.44. The van der Waals surface area contributed by atoms with Crippen LogP contribution in [-0.4, -0.2) is 12.0 Å². The van der Waals surface area contributed by atoms with E-state index >= 15 is 0 Å². The molecule has 3 nitrogen and oxygen atoms in total. The van der Waals surface area contributed by atoms with Crippen molar-refractivity contribution in [1.29, 1.82) is 0 Å². The lowest BCUT2D eigenvalue weighted by Gasteiger charge is -2.27. The molecule has 2 saturated carbocycles. The third kappa shape index (κ3) is 4.79. The Morgan fingerprint density at radius 3 is 2.42 bits per heavy atom. The molecule has 0 atom stereocenters. The number of carbonyl (C=O) groups is 1. The Morgan fingerprint density at radius 2 is 1.79 bits per heavy atom. The van der Waals surface area contributed by atoms with Gasteiger partial charge in [-0.1, -0.05) is 39.0 Å². The number of unbranched alkanes of at least 4 members (excludes halogenated alkanes) is 1. The Hall–Kier alpha value is -0.570. The molecule has 0 aliphatic heterocycles. The van der Waals surface area contributed by atoms with Crippen LogP contribution in [0.1, 0.15) is 77.6 Å². The summed E-state index contributed by atoms with van der Waals surface area (Å²) in [5.74, 6) is 1.18. The number of carbonyl (C=O) groups excluding carboxylic acids is 1. The second kappa shape index (κ2) is 7.88. The molecule has 19 heavy (non-hydrogen) atoms. The highest BCUT2D eigenvalue weighted by Crippen LogP contribution is 2.32. The van der Waals surface area contributed by atoms with E-state index in [0.717, 1.165) is 31.6 Å². The molecule has 0 spiro atoms. The van der Waals surface area contributed by atoms with E-state index in [1.807, 2.05) is 0 Å². The summed E-state index contributed by atoms with van der Waals surface area (Å²) in [5.41, 5.74) is 2.71. The average Bonchev–Trinajstić information content (AvgIpc) is 2.96. The number of hydroxylamine groups is 1. The van der Waals surface area contributed by atoms with Gasteiger partial charge in [-0.15, -0.1) is 0 Å². The first-order valence-corrected chi connectivity index (χ1v) is 8.25. The molecule has 110 valence electrons. The Kier molecular flexibility index (Phi) is 6.15. The minimum atomic E-state index is 0.126. The minimum absolute atomic E-state index is 0.126. The predicted molar refractivity (Wildman–Crippen MR) is 76.5 cm³/mol. The topological polar surface area (TPSA) is 38.3 Å². The lowest BCUT2D eigenvalue weighted by atomic mass is 9.79. The van der Waals surface area contributed by atoms with Gasteiger partial charge < -0.3 is 0 Å². The molecule has 2 aliphatic carbocycles. The maximum atomic E-state index is 12.0. The maximum Gasteiger partial charge on any atom is 0.246 e. The summed E-state index contributed by atoms with van der Waals surface area (Å²) in [6.45, 7) is 2.25. The van der Waals surface area contributed by atoms with Crippen LogP contribution in [0.25, 0.3) is 0 Å². The van der Waals surface area contributed by atoms with E-state index in [2.05, 4.69) is 12.4 Å².